The van der Waals surface area contributed by atoms with E-state index < -0.39 is 5.97 Å². The summed E-state index contributed by atoms with van der Waals surface area (Å²) in [6, 6.07) is 21.5. The molecule has 0 atom stereocenters. The average molecular weight is 396 g/mol. The van der Waals surface area contributed by atoms with E-state index in [0.717, 1.165) is 5.75 Å². The van der Waals surface area contributed by atoms with Crippen LogP contribution in [0.2, 0.25) is 0 Å². The van der Waals surface area contributed by atoms with E-state index in [1.807, 2.05) is 6.92 Å². The zero-order valence-electron chi connectivity index (χ0n) is 11.4. The number of benzene rings is 2. The van der Waals surface area contributed by atoms with Crippen molar-refractivity contribution in [3.05, 3.63) is 60.7 Å². The molecule has 0 saturated carbocycles. The summed E-state index contributed by atoms with van der Waals surface area (Å²) < 4.78 is 3.04. The van der Waals surface area contributed by atoms with Crippen LogP contribution in [0.15, 0.2) is 60.7 Å². The van der Waals surface area contributed by atoms with Gasteiger partial charge in [-0.1, -0.05) is 6.92 Å². The van der Waals surface area contributed by atoms with Gasteiger partial charge >= 0.3 is 95.3 Å². The maximum atomic E-state index is 9.74. The van der Waals surface area contributed by atoms with Crippen molar-refractivity contribution in [2.45, 2.75) is 6.92 Å². The molecule has 0 saturated heterocycles. The topological polar surface area (TPSA) is 37.3 Å². The molecule has 105 valence electrons. The minimum atomic E-state index is -0.730. The van der Waals surface area contributed by atoms with Crippen LogP contribution in [-0.4, -0.2) is 44.2 Å². The standard InChI is InChI=1S/2C6H5.C4H8O2S.Sb/c2*1-2-4-6-5-3-1;1-2-7-3-4(5)6;/h2*1-5H;2-3H2,1H3,(H,5,6);. The summed E-state index contributed by atoms with van der Waals surface area (Å²) in [6.07, 6.45) is 0. The fourth-order valence-electron chi connectivity index (χ4n) is 1.34. The van der Waals surface area contributed by atoms with Crippen LogP contribution in [0.4, 0.5) is 0 Å². The number of carboxylic acids is 1. The Morgan fingerprint density at radius 2 is 1.45 bits per heavy atom. The van der Waals surface area contributed by atoms with Gasteiger partial charge < -0.3 is 5.11 Å². The minimum absolute atomic E-state index is 0.233. The van der Waals surface area contributed by atoms with Crippen LogP contribution in [0, 0.1) is 0 Å². The molecule has 2 aromatic rings. The van der Waals surface area contributed by atoms with E-state index in [1.165, 1.54) is 18.8 Å². The molecule has 0 aromatic heterocycles. The van der Waals surface area contributed by atoms with Gasteiger partial charge in [-0.2, -0.15) is 11.8 Å². The molecule has 2 nitrogen and oxygen atoms in total. The van der Waals surface area contributed by atoms with Gasteiger partial charge in [-0.3, -0.25) is 4.79 Å². The number of carbonyl (C=O) groups is 1. The molecule has 1 N–H and O–H groups in total. The van der Waals surface area contributed by atoms with Crippen LogP contribution in [-0.2, 0) is 4.79 Å². The molecule has 0 fully saturated rings. The fraction of sp³-hybridized carbons (Fsp3) is 0.188. The number of rotatable bonds is 5. The molecule has 0 spiro atoms. The third kappa shape index (κ3) is 8.29. The summed E-state index contributed by atoms with van der Waals surface area (Å²) in [4.78, 5) is 9.74. The molecule has 0 amide bonds. The first kappa shape index (κ1) is 17.1. The molecule has 2 aromatic carbocycles. The van der Waals surface area contributed by atoms with Gasteiger partial charge in [0.1, 0.15) is 0 Å². The van der Waals surface area contributed by atoms with Crippen molar-refractivity contribution in [2.24, 2.45) is 0 Å². The zero-order valence-corrected chi connectivity index (χ0v) is 14.8. The van der Waals surface area contributed by atoms with E-state index in [4.69, 9.17) is 5.11 Å². The van der Waals surface area contributed by atoms with E-state index in [9.17, 15) is 4.79 Å². The van der Waals surface area contributed by atoms with Gasteiger partial charge in [0.2, 0.25) is 0 Å². The van der Waals surface area contributed by atoms with Crippen LogP contribution in [0.3, 0.4) is 0 Å². The first-order valence-electron chi connectivity index (χ1n) is 6.33. The van der Waals surface area contributed by atoms with Crippen LogP contribution >= 0.6 is 11.8 Å². The van der Waals surface area contributed by atoms with Crippen molar-refractivity contribution in [1.82, 2.24) is 0 Å². The Labute approximate surface area is 135 Å². The summed E-state index contributed by atoms with van der Waals surface area (Å²) >= 11 is 1.08. The number of carboxylic acid groups (broad SMARTS) is 1. The summed E-state index contributed by atoms with van der Waals surface area (Å²) in [6.45, 7) is 1.94. The van der Waals surface area contributed by atoms with Crippen molar-refractivity contribution in [1.29, 1.82) is 0 Å². The Bertz CT molecular complexity index is 451. The predicted molar refractivity (Wildman–Crippen MR) is 88.5 cm³/mol. The first-order valence-corrected chi connectivity index (χ1v) is 10.0. The number of thioether (sulfide) groups is 1. The third-order valence-electron chi connectivity index (χ3n) is 2.20. The molecule has 2 rings (SSSR count). The Morgan fingerprint density at radius 1 is 1.00 bits per heavy atom. The predicted octanol–water partition coefficient (Wildman–Crippen LogP) is 2.17. The normalized spacial score (nSPS) is 9.45. The van der Waals surface area contributed by atoms with E-state index in [0.29, 0.717) is 0 Å². The molecule has 0 aliphatic rings. The summed E-state index contributed by atoms with van der Waals surface area (Å²) in [5.74, 6) is 0.384. The van der Waals surface area contributed by atoms with Crippen LogP contribution in [0.25, 0.3) is 0 Å². The molecule has 0 unspecified atom stereocenters. The summed E-state index contributed by atoms with van der Waals surface area (Å²) in [5, 5.41) is 8.02. The van der Waals surface area contributed by atoms with Crippen molar-refractivity contribution in [2.75, 3.05) is 11.5 Å². The van der Waals surface area contributed by atoms with E-state index in [1.54, 1.807) is 0 Å². The SMILES string of the molecule is CCSCC(=O)O.c1cc[c]([Sb][c]2ccccc2)cc1. The van der Waals surface area contributed by atoms with Crippen LogP contribution in [0.1, 0.15) is 6.92 Å². The Kier molecular flexibility index (Phi) is 9.27. The van der Waals surface area contributed by atoms with Crippen LogP contribution in [0.5, 0.6) is 0 Å². The van der Waals surface area contributed by atoms with Gasteiger partial charge in [-0.25, -0.2) is 0 Å². The number of hydrogen-bond donors (Lipinski definition) is 1. The molecular formula is C16H18O2SSb. The third-order valence-corrected chi connectivity index (χ3v) is 6.24. The van der Waals surface area contributed by atoms with Crippen molar-refractivity contribution < 1.29 is 9.90 Å². The molecule has 0 heterocycles. The quantitative estimate of drug-likeness (QED) is 0.788. The molecule has 0 aliphatic carbocycles. The van der Waals surface area contributed by atoms with Crippen LogP contribution < -0.4 is 7.02 Å². The van der Waals surface area contributed by atoms with Crippen molar-refractivity contribution >= 4 is 46.4 Å². The monoisotopic (exact) mass is 395 g/mol. The van der Waals surface area contributed by atoms with Gasteiger partial charge in [-0.15, -0.1) is 0 Å². The Hall–Kier alpha value is -0.922. The second-order valence-corrected chi connectivity index (χ2v) is 8.67. The zero-order chi connectivity index (χ0) is 14.6. The fourth-order valence-corrected chi connectivity index (χ4v) is 4.41. The Balaban J connectivity index is 0.000000246. The molecule has 0 aliphatic heterocycles. The van der Waals surface area contributed by atoms with E-state index in [2.05, 4.69) is 60.7 Å². The second-order valence-electron chi connectivity index (χ2n) is 3.81. The van der Waals surface area contributed by atoms with Gasteiger partial charge in [0.15, 0.2) is 0 Å². The number of aliphatic carboxylic acids is 1. The molecule has 0 bridgehead atoms. The molecule has 4 heteroatoms. The van der Waals surface area contributed by atoms with Gasteiger partial charge in [0.25, 0.3) is 0 Å². The maximum absolute atomic E-state index is 9.74. The van der Waals surface area contributed by atoms with Gasteiger partial charge in [0, 0.05) is 0 Å². The average Bonchev–Trinajstić information content (AvgIpc) is 2.48. The van der Waals surface area contributed by atoms with Gasteiger partial charge in [-0.05, 0) is 5.75 Å². The molecule has 1 radical (unpaired) electrons. The second kappa shape index (κ2) is 10.8. The van der Waals surface area contributed by atoms with E-state index in [-0.39, 0.29) is 27.4 Å². The molecule has 20 heavy (non-hydrogen) atoms. The van der Waals surface area contributed by atoms with E-state index >= 15 is 0 Å². The molecular weight excluding hydrogens is 378 g/mol. The van der Waals surface area contributed by atoms with Gasteiger partial charge in [0.05, 0.1) is 5.75 Å². The Morgan fingerprint density at radius 3 is 1.75 bits per heavy atom. The summed E-state index contributed by atoms with van der Waals surface area (Å²) in [7, 11) is 0. The van der Waals surface area contributed by atoms with Crippen molar-refractivity contribution in [3.63, 3.8) is 0 Å². The number of hydrogen-bond acceptors (Lipinski definition) is 2. The summed E-state index contributed by atoms with van der Waals surface area (Å²) in [5.41, 5.74) is 0. The van der Waals surface area contributed by atoms with Crippen molar-refractivity contribution in [3.8, 4) is 0 Å². The first-order chi connectivity index (χ1) is 9.72.